The second-order valence-corrected chi connectivity index (χ2v) is 15.4. The summed E-state index contributed by atoms with van der Waals surface area (Å²) >= 11 is 0. The van der Waals surface area contributed by atoms with Crippen LogP contribution in [0.4, 0.5) is 11.4 Å². The molecule has 0 amide bonds. The highest BCUT2D eigenvalue weighted by molar-refractivity contribution is 5.98. The van der Waals surface area contributed by atoms with Gasteiger partial charge >= 0.3 is 0 Å². The summed E-state index contributed by atoms with van der Waals surface area (Å²) in [4.78, 5) is 31.5. The van der Waals surface area contributed by atoms with Gasteiger partial charge in [0.2, 0.25) is 0 Å². The maximum absolute atomic E-state index is 13.5. The van der Waals surface area contributed by atoms with Gasteiger partial charge in [0.15, 0.2) is 11.6 Å². The van der Waals surface area contributed by atoms with Gasteiger partial charge < -0.3 is 9.80 Å². The summed E-state index contributed by atoms with van der Waals surface area (Å²) in [5, 5.41) is 0. The third-order valence-electron chi connectivity index (χ3n) is 9.59. The molecule has 0 radical (unpaired) electrons. The van der Waals surface area contributed by atoms with Gasteiger partial charge in [-0.25, -0.2) is 0 Å². The monoisotopic (exact) mass is 600 g/mol. The Bertz CT molecular complexity index is 1170. The van der Waals surface area contributed by atoms with Crippen molar-refractivity contribution in [3.8, 4) is 0 Å². The third kappa shape index (κ3) is 10.1. The fourth-order valence-electron chi connectivity index (χ4n) is 6.37. The summed E-state index contributed by atoms with van der Waals surface area (Å²) in [5.41, 5.74) is 6.54. The average Bonchev–Trinajstić information content (AvgIpc) is 2.92. The van der Waals surface area contributed by atoms with Crippen LogP contribution in [0.15, 0.2) is 71.1 Å². The van der Waals surface area contributed by atoms with E-state index in [0.717, 1.165) is 74.1 Å². The number of allylic oxidation sites excluding steroid dienone is 6. The van der Waals surface area contributed by atoms with Crippen molar-refractivity contribution in [2.24, 2.45) is 22.7 Å². The first-order valence-electron chi connectivity index (χ1n) is 17.0. The predicted molar refractivity (Wildman–Crippen MR) is 189 cm³/mol. The maximum Gasteiger partial charge on any atom is 0.161 e. The second-order valence-electron chi connectivity index (χ2n) is 15.4. The Hall–Kier alpha value is -2.88. The number of carbonyl (C=O) groups excluding carboxylic acids is 2. The maximum atomic E-state index is 13.5. The minimum Gasteiger partial charge on any atom is -0.348 e. The number of carbonyl (C=O) groups is 2. The van der Waals surface area contributed by atoms with E-state index in [1.165, 1.54) is 11.1 Å². The Morgan fingerprint density at radius 3 is 1.34 bits per heavy atom. The van der Waals surface area contributed by atoms with Crippen LogP contribution in [0.3, 0.4) is 0 Å². The van der Waals surface area contributed by atoms with Crippen molar-refractivity contribution >= 4 is 22.9 Å². The molecule has 4 heteroatoms. The van der Waals surface area contributed by atoms with Crippen molar-refractivity contribution in [3.63, 3.8) is 0 Å². The molecule has 44 heavy (non-hydrogen) atoms. The van der Waals surface area contributed by atoms with Crippen LogP contribution in [0.1, 0.15) is 121 Å². The van der Waals surface area contributed by atoms with Crippen LogP contribution in [0.2, 0.25) is 0 Å². The Labute approximate surface area is 269 Å². The molecule has 0 saturated carbocycles. The average molecular weight is 601 g/mol. The minimum atomic E-state index is -0.120. The summed E-state index contributed by atoms with van der Waals surface area (Å²) in [6.07, 6.45) is 16.0. The van der Waals surface area contributed by atoms with Crippen molar-refractivity contribution in [1.29, 1.82) is 0 Å². The van der Waals surface area contributed by atoms with Gasteiger partial charge in [-0.15, -0.1) is 0 Å². The van der Waals surface area contributed by atoms with Gasteiger partial charge in [0, 0.05) is 60.9 Å². The summed E-state index contributed by atoms with van der Waals surface area (Å²) in [7, 11) is 0. The second kappa shape index (κ2) is 15.4. The van der Waals surface area contributed by atoms with Crippen molar-refractivity contribution in [2.75, 3.05) is 22.9 Å². The summed E-state index contributed by atoms with van der Waals surface area (Å²) in [6, 6.07) is 8.65. The molecular weight excluding hydrogens is 540 g/mol. The van der Waals surface area contributed by atoms with E-state index in [9.17, 15) is 9.59 Å². The summed E-state index contributed by atoms with van der Waals surface area (Å²) in [6.45, 7) is 23.5. The highest BCUT2D eigenvalue weighted by atomic mass is 16.1. The molecule has 0 saturated heterocycles. The van der Waals surface area contributed by atoms with Crippen LogP contribution >= 0.6 is 0 Å². The first kappa shape index (κ1) is 35.6. The van der Waals surface area contributed by atoms with Crippen molar-refractivity contribution in [1.82, 2.24) is 0 Å². The lowest BCUT2D eigenvalue weighted by Crippen LogP contribution is -2.36. The van der Waals surface area contributed by atoms with E-state index in [1.54, 1.807) is 0 Å². The Morgan fingerprint density at radius 2 is 1.02 bits per heavy atom. The minimum absolute atomic E-state index is 0.120. The van der Waals surface area contributed by atoms with Crippen LogP contribution < -0.4 is 9.80 Å². The molecule has 2 atom stereocenters. The molecule has 0 N–H and O–H groups in total. The molecule has 1 aromatic rings. The summed E-state index contributed by atoms with van der Waals surface area (Å²) < 4.78 is 0. The first-order chi connectivity index (χ1) is 20.6. The van der Waals surface area contributed by atoms with E-state index in [1.807, 2.05) is 0 Å². The number of ketones is 2. The van der Waals surface area contributed by atoms with Gasteiger partial charge in [-0.2, -0.15) is 0 Å². The van der Waals surface area contributed by atoms with Gasteiger partial charge in [0.05, 0.1) is 0 Å². The molecule has 0 aromatic heterocycles. The summed E-state index contributed by atoms with van der Waals surface area (Å²) in [5.74, 6) is 1.31. The molecule has 0 fully saturated rings. The molecule has 2 heterocycles. The highest BCUT2D eigenvalue weighted by Crippen LogP contribution is 2.40. The zero-order chi connectivity index (χ0) is 32.7. The van der Waals surface area contributed by atoms with E-state index < -0.39 is 0 Å². The Balaban J connectivity index is 1.72. The van der Waals surface area contributed by atoms with Gasteiger partial charge in [0.25, 0.3) is 0 Å². The molecule has 4 nitrogen and oxygen atoms in total. The van der Waals surface area contributed by atoms with Crippen LogP contribution in [-0.2, 0) is 9.59 Å². The molecule has 0 spiro atoms. The predicted octanol–water partition coefficient (Wildman–Crippen LogP) is 10.6. The van der Waals surface area contributed by atoms with Crippen LogP contribution in [-0.4, -0.2) is 24.7 Å². The fraction of sp³-hybridized carbons (Fsp3) is 0.600. The Morgan fingerprint density at radius 1 is 0.682 bits per heavy atom. The largest absolute Gasteiger partial charge is 0.348 e. The molecule has 0 aliphatic carbocycles. The molecule has 3 rings (SSSR count). The number of nitrogens with zero attached hydrogens (tertiary/aromatic N) is 2. The quantitative estimate of drug-likeness (QED) is 0.199. The van der Waals surface area contributed by atoms with Crippen molar-refractivity contribution in [3.05, 3.63) is 71.1 Å². The van der Waals surface area contributed by atoms with Crippen LogP contribution in [0.5, 0.6) is 0 Å². The van der Waals surface area contributed by atoms with E-state index in [-0.39, 0.29) is 22.4 Å². The number of hydrogen-bond donors (Lipinski definition) is 0. The number of hydrogen-bond acceptors (Lipinski definition) is 4. The lowest BCUT2D eigenvalue weighted by atomic mass is 9.75. The van der Waals surface area contributed by atoms with Gasteiger partial charge in [0.1, 0.15) is 0 Å². The van der Waals surface area contributed by atoms with Crippen molar-refractivity contribution in [2.45, 2.75) is 121 Å². The molecule has 1 aromatic carbocycles. The Kier molecular flexibility index (Phi) is 12.5. The molecule has 2 unspecified atom stereocenters. The van der Waals surface area contributed by atoms with E-state index in [2.05, 4.69) is 128 Å². The zero-order valence-electron chi connectivity index (χ0n) is 29.6. The lowest BCUT2D eigenvalue weighted by molar-refractivity contribution is -0.118. The van der Waals surface area contributed by atoms with E-state index in [4.69, 9.17) is 0 Å². The van der Waals surface area contributed by atoms with Gasteiger partial charge in [-0.3, -0.25) is 9.59 Å². The normalized spacial score (nSPS) is 19.0. The number of rotatable bonds is 14. The van der Waals surface area contributed by atoms with Crippen LogP contribution in [0.25, 0.3) is 0 Å². The highest BCUT2D eigenvalue weighted by Gasteiger charge is 2.35. The number of anilines is 2. The molecular formula is C40H60N2O2. The standard InChI is InChI=1S/C40H60N2O2/c1-29(2)13-11-15-31(5)25-37(43)35-27-41(23-21-39(35,7)8)33-17-19-34(20-18-33)42-24-22-40(9,10)36(28-42)38(44)26-32(6)16-12-14-30(3)4/h13-14,17-20,27-28,31-32H,11-12,15-16,21-26H2,1-10H3. The molecule has 242 valence electrons. The van der Waals surface area contributed by atoms with Crippen molar-refractivity contribution < 1.29 is 9.59 Å². The SMILES string of the molecule is CC(C)=CCCC(C)CC(=O)C1=CN(c2ccc(N3C=C(C(=O)CC(C)CCC=C(C)C)C(C)(C)CC3)cc2)CCC1(C)C. The lowest BCUT2D eigenvalue weighted by Gasteiger charge is -2.38. The third-order valence-corrected chi connectivity index (χ3v) is 9.59. The molecule has 0 bridgehead atoms. The number of Topliss-reactive ketones (excluding diaryl/α,β-unsaturated/α-hetero) is 2. The topological polar surface area (TPSA) is 40.6 Å². The first-order valence-corrected chi connectivity index (χ1v) is 17.0. The van der Waals surface area contributed by atoms with Gasteiger partial charge in [-0.05, 0) is 113 Å². The smallest absolute Gasteiger partial charge is 0.161 e. The van der Waals surface area contributed by atoms with Crippen LogP contribution in [0, 0.1) is 22.7 Å². The molecule has 2 aliphatic rings. The van der Waals surface area contributed by atoms with E-state index in [0.29, 0.717) is 24.7 Å². The van der Waals surface area contributed by atoms with E-state index >= 15 is 0 Å². The number of benzene rings is 1. The zero-order valence-corrected chi connectivity index (χ0v) is 29.6. The fourth-order valence-corrected chi connectivity index (χ4v) is 6.37. The van der Waals surface area contributed by atoms with Gasteiger partial charge in [-0.1, -0.05) is 64.8 Å². The molecule has 2 aliphatic heterocycles.